The first-order chi connectivity index (χ1) is 11.9. The summed E-state index contributed by atoms with van der Waals surface area (Å²) in [6.07, 6.45) is 5.44. The molecule has 1 saturated carbocycles. The molecule has 1 unspecified atom stereocenters. The molecular formula is C20H30N2O3. The van der Waals surface area contributed by atoms with Crippen LogP contribution in [0.3, 0.4) is 0 Å². The van der Waals surface area contributed by atoms with Crippen LogP contribution >= 0.6 is 0 Å². The van der Waals surface area contributed by atoms with Gasteiger partial charge in [-0.05, 0) is 39.7 Å². The molecule has 1 fully saturated rings. The second kappa shape index (κ2) is 8.88. The minimum atomic E-state index is -0.551. The molecule has 1 aromatic rings. The van der Waals surface area contributed by atoms with Gasteiger partial charge in [-0.15, -0.1) is 0 Å². The Morgan fingerprint density at radius 2 is 1.96 bits per heavy atom. The Kier molecular flexibility index (Phi) is 6.85. The Morgan fingerprint density at radius 1 is 1.28 bits per heavy atom. The predicted octanol–water partition coefficient (Wildman–Crippen LogP) is 3.36. The largest absolute Gasteiger partial charge is 0.494 e. The molecule has 0 bridgehead atoms. The van der Waals surface area contributed by atoms with E-state index in [-0.39, 0.29) is 12.1 Å². The van der Waals surface area contributed by atoms with Crippen molar-refractivity contribution in [1.29, 1.82) is 0 Å². The van der Waals surface area contributed by atoms with Crippen molar-refractivity contribution in [2.75, 3.05) is 13.7 Å². The molecule has 0 spiro atoms. The van der Waals surface area contributed by atoms with Crippen molar-refractivity contribution >= 4 is 11.8 Å². The highest BCUT2D eigenvalue weighted by Crippen LogP contribution is 2.27. The Bertz CT molecular complexity index is 609. The third kappa shape index (κ3) is 4.97. The fraction of sp³-hybridized carbons (Fsp3) is 0.600. The molecule has 2 rings (SSSR count). The third-order valence-electron chi connectivity index (χ3n) is 4.92. The number of aryl methyl sites for hydroxylation is 1. The Balaban J connectivity index is 2.04. The van der Waals surface area contributed by atoms with E-state index in [0.29, 0.717) is 6.61 Å². The fourth-order valence-corrected chi connectivity index (χ4v) is 3.42. The van der Waals surface area contributed by atoms with Gasteiger partial charge in [0.05, 0.1) is 12.6 Å². The zero-order valence-electron chi connectivity index (χ0n) is 15.8. The number of carbonyl (C=O) groups excluding carboxylic acids is 2. The van der Waals surface area contributed by atoms with E-state index in [1.807, 2.05) is 39.0 Å². The maximum Gasteiger partial charge on any atom is 0.311 e. The minimum Gasteiger partial charge on any atom is -0.494 e. The normalized spacial score (nSPS) is 16.2. The van der Waals surface area contributed by atoms with E-state index >= 15 is 0 Å². The maximum absolute atomic E-state index is 12.5. The number of nitrogens with zero attached hydrogens (tertiary/aromatic N) is 1. The van der Waals surface area contributed by atoms with Crippen LogP contribution < -0.4 is 10.1 Å². The summed E-state index contributed by atoms with van der Waals surface area (Å²) in [5.41, 5.74) is 1.98. The van der Waals surface area contributed by atoms with Gasteiger partial charge in [0.15, 0.2) is 0 Å². The number of ether oxygens (including phenoxy) is 1. The standard InChI is InChI=1S/C20H30N2O3/c1-5-25-18-12-11-14(2)13-17(18)15(3)21-19(23)20(24)22(4)16-9-7-6-8-10-16/h11-13,15-16H,5-10H2,1-4H3,(H,21,23). The molecule has 25 heavy (non-hydrogen) atoms. The summed E-state index contributed by atoms with van der Waals surface area (Å²) in [5, 5.41) is 2.83. The lowest BCUT2D eigenvalue weighted by Crippen LogP contribution is -2.46. The first-order valence-corrected chi connectivity index (χ1v) is 9.25. The van der Waals surface area contributed by atoms with Crippen LogP contribution in [0.5, 0.6) is 5.75 Å². The number of likely N-dealkylation sites (N-methyl/N-ethyl adjacent to an activating group) is 1. The molecule has 0 radical (unpaired) electrons. The van der Waals surface area contributed by atoms with Gasteiger partial charge in [0, 0.05) is 18.7 Å². The number of hydrogen-bond acceptors (Lipinski definition) is 3. The van der Waals surface area contributed by atoms with Crippen LogP contribution in [0.4, 0.5) is 0 Å². The second-order valence-electron chi connectivity index (χ2n) is 6.88. The SMILES string of the molecule is CCOc1ccc(C)cc1C(C)NC(=O)C(=O)N(C)C1CCCCC1. The lowest BCUT2D eigenvalue weighted by molar-refractivity contribution is -0.147. The topological polar surface area (TPSA) is 58.6 Å². The first kappa shape index (κ1) is 19.3. The zero-order valence-corrected chi connectivity index (χ0v) is 15.8. The predicted molar refractivity (Wildman–Crippen MR) is 98.5 cm³/mol. The van der Waals surface area contributed by atoms with Gasteiger partial charge in [0.2, 0.25) is 0 Å². The van der Waals surface area contributed by atoms with Crippen LogP contribution in [0.2, 0.25) is 0 Å². The minimum absolute atomic E-state index is 0.181. The molecule has 5 heteroatoms. The third-order valence-corrected chi connectivity index (χ3v) is 4.92. The van der Waals surface area contributed by atoms with E-state index in [4.69, 9.17) is 4.74 Å². The molecule has 1 aliphatic carbocycles. The molecule has 2 amide bonds. The molecule has 5 nitrogen and oxygen atoms in total. The molecule has 1 aliphatic rings. The van der Waals surface area contributed by atoms with Crippen molar-refractivity contribution in [2.24, 2.45) is 0 Å². The highest BCUT2D eigenvalue weighted by molar-refractivity contribution is 6.35. The number of rotatable bonds is 5. The van der Waals surface area contributed by atoms with Gasteiger partial charge in [-0.3, -0.25) is 9.59 Å². The lowest BCUT2D eigenvalue weighted by atomic mass is 9.94. The summed E-state index contributed by atoms with van der Waals surface area (Å²) >= 11 is 0. The van der Waals surface area contributed by atoms with Crippen LogP contribution in [-0.2, 0) is 9.59 Å². The van der Waals surface area contributed by atoms with Crippen molar-refractivity contribution < 1.29 is 14.3 Å². The Labute approximate surface area is 150 Å². The summed E-state index contributed by atoms with van der Waals surface area (Å²) in [5.74, 6) is -0.261. The van der Waals surface area contributed by atoms with Gasteiger partial charge >= 0.3 is 11.8 Å². The van der Waals surface area contributed by atoms with Crippen LogP contribution in [0.15, 0.2) is 18.2 Å². The van der Waals surface area contributed by atoms with Gasteiger partial charge in [-0.2, -0.15) is 0 Å². The van der Waals surface area contributed by atoms with Crippen LogP contribution in [0.25, 0.3) is 0 Å². The Hall–Kier alpha value is -2.04. The number of hydrogen-bond donors (Lipinski definition) is 1. The Morgan fingerprint density at radius 3 is 2.60 bits per heavy atom. The van der Waals surface area contributed by atoms with Crippen molar-refractivity contribution in [1.82, 2.24) is 10.2 Å². The summed E-state index contributed by atoms with van der Waals surface area (Å²) in [6.45, 7) is 6.36. The zero-order chi connectivity index (χ0) is 18.4. The number of amides is 2. The van der Waals surface area contributed by atoms with E-state index in [2.05, 4.69) is 5.32 Å². The van der Waals surface area contributed by atoms with Crippen LogP contribution in [0.1, 0.15) is 63.1 Å². The van der Waals surface area contributed by atoms with Gasteiger partial charge in [0.1, 0.15) is 5.75 Å². The van der Waals surface area contributed by atoms with Crippen molar-refractivity contribution in [3.63, 3.8) is 0 Å². The highest BCUT2D eigenvalue weighted by Gasteiger charge is 2.28. The van der Waals surface area contributed by atoms with Gasteiger partial charge in [-0.25, -0.2) is 0 Å². The molecule has 0 aliphatic heterocycles. The number of carbonyl (C=O) groups is 2. The van der Waals surface area contributed by atoms with Crippen LogP contribution in [-0.4, -0.2) is 36.4 Å². The number of benzene rings is 1. The number of nitrogens with one attached hydrogen (secondary N) is 1. The van der Waals surface area contributed by atoms with Gasteiger partial charge < -0.3 is 15.0 Å². The average Bonchev–Trinajstić information content (AvgIpc) is 2.62. The quantitative estimate of drug-likeness (QED) is 0.832. The van der Waals surface area contributed by atoms with E-state index in [0.717, 1.165) is 42.6 Å². The van der Waals surface area contributed by atoms with Gasteiger partial charge in [-0.1, -0.05) is 37.0 Å². The summed E-state index contributed by atoms with van der Waals surface area (Å²) in [4.78, 5) is 26.5. The molecule has 1 aromatic carbocycles. The van der Waals surface area contributed by atoms with Crippen LogP contribution in [0, 0.1) is 6.92 Å². The summed E-state index contributed by atoms with van der Waals surface area (Å²) < 4.78 is 5.65. The van der Waals surface area contributed by atoms with E-state index < -0.39 is 11.8 Å². The lowest BCUT2D eigenvalue weighted by Gasteiger charge is -2.31. The van der Waals surface area contributed by atoms with E-state index in [1.165, 1.54) is 6.42 Å². The molecular weight excluding hydrogens is 316 g/mol. The maximum atomic E-state index is 12.5. The van der Waals surface area contributed by atoms with Crippen molar-refractivity contribution in [2.45, 2.75) is 65.0 Å². The molecule has 1 N–H and O–H groups in total. The second-order valence-corrected chi connectivity index (χ2v) is 6.88. The van der Waals surface area contributed by atoms with Crippen molar-refractivity contribution in [3.8, 4) is 5.75 Å². The molecule has 1 atom stereocenters. The molecule has 0 saturated heterocycles. The molecule has 138 valence electrons. The summed E-state index contributed by atoms with van der Waals surface area (Å²) in [6, 6.07) is 5.77. The smallest absolute Gasteiger partial charge is 0.311 e. The summed E-state index contributed by atoms with van der Waals surface area (Å²) in [7, 11) is 1.74. The molecule has 0 aromatic heterocycles. The van der Waals surface area contributed by atoms with Gasteiger partial charge in [0.25, 0.3) is 0 Å². The monoisotopic (exact) mass is 346 g/mol. The highest BCUT2D eigenvalue weighted by atomic mass is 16.5. The molecule has 0 heterocycles. The fourth-order valence-electron chi connectivity index (χ4n) is 3.42. The average molecular weight is 346 g/mol. The van der Waals surface area contributed by atoms with Crippen molar-refractivity contribution in [3.05, 3.63) is 29.3 Å². The van der Waals surface area contributed by atoms with E-state index in [1.54, 1.807) is 11.9 Å². The van der Waals surface area contributed by atoms with E-state index in [9.17, 15) is 9.59 Å². The first-order valence-electron chi connectivity index (χ1n) is 9.25.